The van der Waals surface area contributed by atoms with Crippen LogP contribution in [0.3, 0.4) is 0 Å². The average Bonchev–Trinajstić information content (AvgIpc) is 2.67. The molecule has 138 valence electrons. The highest BCUT2D eigenvalue weighted by atomic mass is 19.1. The van der Waals surface area contributed by atoms with Crippen LogP contribution in [-0.2, 0) is 17.8 Å². The lowest BCUT2D eigenvalue weighted by Gasteiger charge is -2.30. The second-order valence-corrected chi connectivity index (χ2v) is 6.50. The molecule has 1 amide bonds. The summed E-state index contributed by atoms with van der Waals surface area (Å²) in [5, 5.41) is 2.69. The van der Waals surface area contributed by atoms with Gasteiger partial charge in [-0.1, -0.05) is 12.1 Å². The predicted octanol–water partition coefficient (Wildman–Crippen LogP) is 1.81. The molecule has 0 aliphatic carbocycles. The third-order valence-electron chi connectivity index (χ3n) is 4.98. The largest absolute Gasteiger partial charge is 0.493 e. The number of methoxy groups -OCH3 is 2. The van der Waals surface area contributed by atoms with Crippen molar-refractivity contribution in [1.29, 1.82) is 0 Å². The van der Waals surface area contributed by atoms with E-state index in [1.807, 2.05) is 19.1 Å². The molecule has 1 aliphatic rings. The number of halogens is 1. The van der Waals surface area contributed by atoms with Crippen molar-refractivity contribution in [1.82, 2.24) is 0 Å². The molecular formula is C20H24FN2O3+. The summed E-state index contributed by atoms with van der Waals surface area (Å²) in [7, 11) is 3.24. The second-order valence-electron chi connectivity index (χ2n) is 6.50. The SMILES string of the molecule is COc1cc2c(cc1OC)C[NH+]([C@H](C)C(=O)Nc1ccccc1F)CC2. The van der Waals surface area contributed by atoms with Crippen LogP contribution in [0.1, 0.15) is 18.1 Å². The molecule has 26 heavy (non-hydrogen) atoms. The highest BCUT2D eigenvalue weighted by Crippen LogP contribution is 2.31. The van der Waals surface area contributed by atoms with Crippen molar-refractivity contribution < 1.29 is 23.6 Å². The summed E-state index contributed by atoms with van der Waals surface area (Å²) < 4.78 is 24.5. The summed E-state index contributed by atoms with van der Waals surface area (Å²) in [6.45, 7) is 3.41. The minimum Gasteiger partial charge on any atom is -0.493 e. The first kappa shape index (κ1) is 18.2. The molecule has 3 rings (SSSR count). The molecule has 0 saturated carbocycles. The van der Waals surface area contributed by atoms with Crippen LogP contribution in [-0.4, -0.2) is 32.7 Å². The monoisotopic (exact) mass is 359 g/mol. The summed E-state index contributed by atoms with van der Waals surface area (Å²) in [4.78, 5) is 13.7. The Bertz CT molecular complexity index is 810. The molecule has 5 nitrogen and oxygen atoms in total. The number of nitrogens with one attached hydrogen (secondary N) is 2. The highest BCUT2D eigenvalue weighted by molar-refractivity contribution is 5.93. The molecule has 1 unspecified atom stereocenters. The van der Waals surface area contributed by atoms with Crippen molar-refractivity contribution in [2.75, 3.05) is 26.1 Å². The number of anilines is 1. The number of carbonyl (C=O) groups is 1. The molecule has 2 N–H and O–H groups in total. The second kappa shape index (κ2) is 7.74. The van der Waals surface area contributed by atoms with Gasteiger partial charge in [-0.05, 0) is 36.8 Å². The van der Waals surface area contributed by atoms with Gasteiger partial charge < -0.3 is 19.7 Å². The molecular weight excluding hydrogens is 335 g/mol. The van der Waals surface area contributed by atoms with E-state index in [0.717, 1.165) is 29.2 Å². The minimum atomic E-state index is -0.427. The van der Waals surface area contributed by atoms with Crippen LogP contribution in [0, 0.1) is 5.82 Å². The number of para-hydroxylation sites is 1. The minimum absolute atomic E-state index is 0.186. The Morgan fingerprint density at radius 3 is 2.46 bits per heavy atom. The Balaban J connectivity index is 1.73. The number of quaternary nitrogens is 1. The van der Waals surface area contributed by atoms with Crippen molar-refractivity contribution >= 4 is 11.6 Å². The van der Waals surface area contributed by atoms with Gasteiger partial charge in [-0.25, -0.2) is 4.39 Å². The molecule has 1 aliphatic heterocycles. The zero-order chi connectivity index (χ0) is 18.7. The Morgan fingerprint density at radius 1 is 1.15 bits per heavy atom. The van der Waals surface area contributed by atoms with Crippen LogP contribution < -0.4 is 19.7 Å². The summed E-state index contributed by atoms with van der Waals surface area (Å²) in [5.41, 5.74) is 2.58. The van der Waals surface area contributed by atoms with Gasteiger partial charge >= 0.3 is 0 Å². The van der Waals surface area contributed by atoms with Crippen LogP contribution in [0.25, 0.3) is 0 Å². The van der Waals surface area contributed by atoms with Crippen molar-refractivity contribution in [3.8, 4) is 11.5 Å². The first-order valence-electron chi connectivity index (χ1n) is 8.67. The molecule has 0 aromatic heterocycles. The molecule has 6 heteroatoms. The Morgan fingerprint density at radius 2 is 1.81 bits per heavy atom. The number of ether oxygens (including phenoxy) is 2. The van der Waals surface area contributed by atoms with Gasteiger partial charge in [-0.3, -0.25) is 4.79 Å². The first-order chi connectivity index (χ1) is 12.5. The Kier molecular flexibility index (Phi) is 5.42. The fourth-order valence-electron chi connectivity index (χ4n) is 3.35. The summed E-state index contributed by atoms with van der Waals surface area (Å²) in [5.74, 6) is 0.800. The number of hydrogen-bond donors (Lipinski definition) is 2. The van der Waals surface area contributed by atoms with E-state index in [1.165, 1.54) is 11.6 Å². The number of rotatable bonds is 5. The molecule has 0 spiro atoms. The van der Waals surface area contributed by atoms with Gasteiger partial charge in [0.2, 0.25) is 0 Å². The van der Waals surface area contributed by atoms with Crippen molar-refractivity contribution in [3.63, 3.8) is 0 Å². The average molecular weight is 359 g/mol. The van der Waals surface area contributed by atoms with Crippen LogP contribution in [0.5, 0.6) is 11.5 Å². The third kappa shape index (κ3) is 3.65. The number of amides is 1. The molecule has 2 atom stereocenters. The van der Waals surface area contributed by atoms with Crippen LogP contribution >= 0.6 is 0 Å². The molecule has 0 saturated heterocycles. The van der Waals surface area contributed by atoms with Gasteiger partial charge in [0.1, 0.15) is 12.4 Å². The van der Waals surface area contributed by atoms with E-state index in [9.17, 15) is 9.18 Å². The van der Waals surface area contributed by atoms with Crippen molar-refractivity contribution in [3.05, 3.63) is 53.3 Å². The van der Waals surface area contributed by atoms with Gasteiger partial charge in [0.05, 0.1) is 26.5 Å². The number of carbonyl (C=O) groups excluding carboxylic acids is 1. The maximum absolute atomic E-state index is 13.8. The summed E-state index contributed by atoms with van der Waals surface area (Å²) in [6, 6.07) is 9.90. The van der Waals surface area contributed by atoms with Gasteiger partial charge in [0, 0.05) is 12.0 Å². The van der Waals surface area contributed by atoms with Crippen molar-refractivity contribution in [2.45, 2.75) is 25.9 Å². The van der Waals surface area contributed by atoms with Gasteiger partial charge in [0.15, 0.2) is 17.5 Å². The van der Waals surface area contributed by atoms with Crippen LogP contribution in [0.15, 0.2) is 36.4 Å². The number of benzene rings is 2. The predicted molar refractivity (Wildman–Crippen MR) is 97.3 cm³/mol. The Hall–Kier alpha value is -2.60. The van der Waals surface area contributed by atoms with E-state index in [-0.39, 0.29) is 17.6 Å². The lowest BCUT2D eigenvalue weighted by molar-refractivity contribution is -0.929. The first-order valence-corrected chi connectivity index (χ1v) is 8.67. The molecule has 0 bridgehead atoms. The van der Waals surface area contributed by atoms with E-state index >= 15 is 0 Å². The van der Waals surface area contributed by atoms with Crippen LogP contribution in [0.2, 0.25) is 0 Å². The maximum Gasteiger partial charge on any atom is 0.282 e. The number of hydrogen-bond acceptors (Lipinski definition) is 3. The fourth-order valence-corrected chi connectivity index (χ4v) is 3.35. The normalized spacial score (nSPS) is 17.2. The summed E-state index contributed by atoms with van der Waals surface area (Å²) in [6.07, 6.45) is 0.850. The highest BCUT2D eigenvalue weighted by Gasteiger charge is 2.30. The van der Waals surface area contributed by atoms with E-state index in [4.69, 9.17) is 9.47 Å². The lowest BCUT2D eigenvalue weighted by Crippen LogP contribution is -3.16. The standard InChI is InChI=1S/C20H23FN2O3/c1-13(20(24)22-17-7-5-4-6-16(17)21)23-9-8-14-10-18(25-2)19(26-3)11-15(14)12-23/h4-7,10-11,13H,8-9,12H2,1-3H3,(H,22,24)/p+1/t13-/m1/s1. The van der Waals surface area contributed by atoms with E-state index in [1.54, 1.807) is 32.4 Å². The molecule has 2 aromatic carbocycles. The zero-order valence-corrected chi connectivity index (χ0v) is 15.3. The summed E-state index contributed by atoms with van der Waals surface area (Å²) >= 11 is 0. The molecule has 0 fully saturated rings. The number of fused-ring (bicyclic) bond motifs is 1. The van der Waals surface area contributed by atoms with Gasteiger partial charge in [-0.15, -0.1) is 0 Å². The van der Waals surface area contributed by atoms with E-state index < -0.39 is 5.82 Å². The van der Waals surface area contributed by atoms with E-state index in [0.29, 0.717) is 12.3 Å². The Labute approximate surface area is 152 Å². The quantitative estimate of drug-likeness (QED) is 0.856. The zero-order valence-electron chi connectivity index (χ0n) is 15.3. The fraction of sp³-hybridized carbons (Fsp3) is 0.350. The molecule has 2 aromatic rings. The third-order valence-corrected chi connectivity index (χ3v) is 4.98. The molecule has 0 radical (unpaired) electrons. The lowest BCUT2D eigenvalue weighted by atomic mass is 9.97. The van der Waals surface area contributed by atoms with Gasteiger partial charge in [-0.2, -0.15) is 0 Å². The van der Waals surface area contributed by atoms with Crippen LogP contribution in [0.4, 0.5) is 10.1 Å². The van der Waals surface area contributed by atoms with E-state index in [2.05, 4.69) is 5.32 Å². The van der Waals surface area contributed by atoms with Gasteiger partial charge in [0.25, 0.3) is 5.91 Å². The maximum atomic E-state index is 13.8. The van der Waals surface area contributed by atoms with Crippen molar-refractivity contribution in [2.24, 2.45) is 0 Å². The topological polar surface area (TPSA) is 52.0 Å². The molecule has 1 heterocycles. The smallest absolute Gasteiger partial charge is 0.282 e.